The van der Waals surface area contributed by atoms with Gasteiger partial charge in [0.25, 0.3) is 5.91 Å². The number of fused-ring (bicyclic) bond motifs is 1. The zero-order valence-corrected chi connectivity index (χ0v) is 19.0. The summed E-state index contributed by atoms with van der Waals surface area (Å²) < 4.78 is 43.1. The van der Waals surface area contributed by atoms with Crippen molar-refractivity contribution in [3.8, 4) is 0 Å². The van der Waals surface area contributed by atoms with Crippen molar-refractivity contribution in [2.45, 2.75) is 69.0 Å². The highest BCUT2D eigenvalue weighted by atomic mass is 35.5. The zero-order valence-electron chi connectivity index (χ0n) is 18.3. The van der Waals surface area contributed by atoms with E-state index in [-0.39, 0.29) is 23.9 Å². The summed E-state index contributed by atoms with van der Waals surface area (Å²) in [5.74, 6) is -0.180. The van der Waals surface area contributed by atoms with E-state index in [0.29, 0.717) is 23.6 Å². The minimum Gasteiger partial charge on any atom is -0.348 e. The molecule has 34 heavy (non-hydrogen) atoms. The lowest BCUT2D eigenvalue weighted by Crippen LogP contribution is -2.38. The Hall–Kier alpha value is -2.65. The number of carbonyl (C=O) groups is 1. The number of amides is 1. The van der Waals surface area contributed by atoms with Crippen LogP contribution in [0.2, 0.25) is 5.02 Å². The fourth-order valence-electron chi connectivity index (χ4n) is 4.86. The topological polar surface area (TPSA) is 69.0 Å². The summed E-state index contributed by atoms with van der Waals surface area (Å²) in [4.78, 5) is 21.6. The highest BCUT2D eigenvalue weighted by Crippen LogP contribution is 2.41. The Labute approximate surface area is 199 Å². The van der Waals surface area contributed by atoms with Crippen LogP contribution in [-0.2, 0) is 4.74 Å². The lowest BCUT2D eigenvalue weighted by molar-refractivity contribution is -0.351. The number of benzene rings is 1. The maximum absolute atomic E-state index is 12.7. The van der Waals surface area contributed by atoms with Gasteiger partial charge in [0, 0.05) is 34.6 Å². The van der Waals surface area contributed by atoms with Gasteiger partial charge in [0.1, 0.15) is 5.69 Å². The SMILES string of the molecule is O=C(NC1CCC(n2cnc(C3CC(OC(F)(F)F)C3)c2)CC1)c1ccc2cc(Cl)ccc2n1. The van der Waals surface area contributed by atoms with Crippen molar-refractivity contribution >= 4 is 28.4 Å². The molecule has 1 aromatic carbocycles. The first-order chi connectivity index (χ1) is 16.2. The number of alkyl halides is 3. The molecule has 2 aliphatic carbocycles. The predicted molar refractivity (Wildman–Crippen MR) is 121 cm³/mol. The number of hydrogen-bond acceptors (Lipinski definition) is 4. The predicted octanol–water partition coefficient (Wildman–Crippen LogP) is 5.78. The molecular formula is C24H24ClF3N4O2. The van der Waals surface area contributed by atoms with Crippen LogP contribution < -0.4 is 5.32 Å². The van der Waals surface area contributed by atoms with E-state index in [2.05, 4.69) is 24.6 Å². The molecule has 2 heterocycles. The number of nitrogens with one attached hydrogen (secondary N) is 1. The lowest BCUT2D eigenvalue weighted by Gasteiger charge is -2.34. The quantitative estimate of drug-likeness (QED) is 0.490. The van der Waals surface area contributed by atoms with Crippen molar-refractivity contribution in [1.82, 2.24) is 19.9 Å². The highest BCUT2D eigenvalue weighted by molar-refractivity contribution is 6.31. The molecule has 0 spiro atoms. The Kier molecular flexibility index (Phi) is 6.24. The van der Waals surface area contributed by atoms with Gasteiger partial charge < -0.3 is 9.88 Å². The fraction of sp³-hybridized carbons (Fsp3) is 0.458. The van der Waals surface area contributed by atoms with Gasteiger partial charge in [-0.3, -0.25) is 9.53 Å². The van der Waals surface area contributed by atoms with Crippen molar-refractivity contribution in [2.24, 2.45) is 0 Å². The van der Waals surface area contributed by atoms with Crippen molar-refractivity contribution < 1.29 is 22.7 Å². The molecule has 1 N–H and O–H groups in total. The van der Waals surface area contributed by atoms with E-state index in [1.165, 1.54) is 0 Å². The zero-order chi connectivity index (χ0) is 23.9. The fourth-order valence-corrected chi connectivity index (χ4v) is 5.04. The largest absolute Gasteiger partial charge is 0.522 e. The monoisotopic (exact) mass is 492 g/mol. The first kappa shape index (κ1) is 23.1. The number of aromatic nitrogens is 3. The highest BCUT2D eigenvalue weighted by Gasteiger charge is 2.41. The van der Waals surface area contributed by atoms with E-state index in [9.17, 15) is 18.0 Å². The molecule has 10 heteroatoms. The number of nitrogens with zero attached hydrogens (tertiary/aromatic N) is 3. The standard InChI is InChI=1S/C24H24ClF3N4O2/c25-16-2-8-20-14(9-16)1-7-21(31-20)23(33)30-17-3-5-18(6-4-17)32-12-22(29-13-32)15-10-19(11-15)34-24(26,27)28/h1-2,7-9,12-13,15,17-19H,3-6,10-11H2,(H,30,33). The van der Waals surface area contributed by atoms with Crippen LogP contribution in [-0.4, -0.2) is 39.0 Å². The summed E-state index contributed by atoms with van der Waals surface area (Å²) >= 11 is 6.00. The normalized spacial score (nSPS) is 25.2. The first-order valence-corrected chi connectivity index (χ1v) is 11.8. The Balaban J connectivity index is 1.12. The Morgan fingerprint density at radius 3 is 2.62 bits per heavy atom. The number of rotatable bonds is 5. The molecule has 180 valence electrons. The van der Waals surface area contributed by atoms with Gasteiger partial charge in [-0.1, -0.05) is 17.7 Å². The molecule has 5 rings (SSSR count). The maximum Gasteiger partial charge on any atom is 0.522 e. The Morgan fingerprint density at radius 2 is 1.88 bits per heavy atom. The summed E-state index contributed by atoms with van der Waals surface area (Å²) in [6.07, 6.45) is 2.47. The summed E-state index contributed by atoms with van der Waals surface area (Å²) in [6.45, 7) is 0. The molecule has 0 radical (unpaired) electrons. The number of carbonyl (C=O) groups excluding carboxylic acids is 1. The first-order valence-electron chi connectivity index (χ1n) is 11.4. The second-order valence-corrected chi connectivity index (χ2v) is 9.55. The van der Waals surface area contributed by atoms with Crippen LogP contribution in [0.3, 0.4) is 0 Å². The van der Waals surface area contributed by atoms with E-state index < -0.39 is 12.5 Å². The molecule has 1 amide bonds. The van der Waals surface area contributed by atoms with Crippen LogP contribution >= 0.6 is 11.6 Å². The van der Waals surface area contributed by atoms with Crippen molar-refractivity contribution in [1.29, 1.82) is 0 Å². The molecule has 0 saturated heterocycles. The molecule has 0 unspecified atom stereocenters. The van der Waals surface area contributed by atoms with E-state index in [4.69, 9.17) is 11.6 Å². The van der Waals surface area contributed by atoms with E-state index in [0.717, 1.165) is 42.3 Å². The third-order valence-corrected chi connectivity index (χ3v) is 7.01. The van der Waals surface area contributed by atoms with E-state index in [1.54, 1.807) is 24.5 Å². The van der Waals surface area contributed by atoms with Gasteiger partial charge in [-0.2, -0.15) is 0 Å². The van der Waals surface area contributed by atoms with Gasteiger partial charge >= 0.3 is 6.36 Å². The number of imidazole rings is 1. The van der Waals surface area contributed by atoms with Crippen LogP contribution in [0.5, 0.6) is 0 Å². The van der Waals surface area contributed by atoms with E-state index >= 15 is 0 Å². The van der Waals surface area contributed by atoms with Gasteiger partial charge in [0.2, 0.25) is 0 Å². The van der Waals surface area contributed by atoms with Crippen LogP contribution in [0.4, 0.5) is 13.2 Å². The number of pyridine rings is 1. The average molecular weight is 493 g/mol. The summed E-state index contributed by atoms with van der Waals surface area (Å²) in [5.41, 5.74) is 1.92. The molecule has 2 aromatic heterocycles. The average Bonchev–Trinajstić information content (AvgIpc) is 3.25. The van der Waals surface area contributed by atoms with Crippen molar-refractivity contribution in [3.05, 3.63) is 59.3 Å². The Morgan fingerprint density at radius 1 is 1.12 bits per heavy atom. The third kappa shape index (κ3) is 5.20. The minimum atomic E-state index is -4.58. The second-order valence-electron chi connectivity index (χ2n) is 9.11. The van der Waals surface area contributed by atoms with Crippen LogP contribution in [0, 0.1) is 0 Å². The lowest BCUT2D eigenvalue weighted by atomic mass is 9.80. The molecule has 0 bridgehead atoms. The summed E-state index contributed by atoms with van der Waals surface area (Å²) in [7, 11) is 0. The molecule has 0 atom stereocenters. The van der Waals surface area contributed by atoms with Gasteiger partial charge in [-0.05, 0) is 62.8 Å². The molecule has 0 aliphatic heterocycles. The van der Waals surface area contributed by atoms with E-state index in [1.807, 2.05) is 18.3 Å². The number of halogens is 4. The van der Waals surface area contributed by atoms with Gasteiger partial charge in [-0.15, -0.1) is 13.2 Å². The van der Waals surface area contributed by atoms with Crippen molar-refractivity contribution in [3.63, 3.8) is 0 Å². The number of ether oxygens (including phenoxy) is 1. The molecule has 2 aliphatic rings. The molecular weight excluding hydrogens is 469 g/mol. The van der Waals surface area contributed by atoms with Crippen LogP contribution in [0.1, 0.15) is 66.7 Å². The van der Waals surface area contributed by atoms with Crippen molar-refractivity contribution in [2.75, 3.05) is 0 Å². The van der Waals surface area contributed by atoms with Crippen LogP contribution in [0.25, 0.3) is 10.9 Å². The summed E-state index contributed by atoms with van der Waals surface area (Å²) in [5, 5.41) is 4.60. The minimum absolute atomic E-state index is 0.00899. The molecule has 3 aromatic rings. The van der Waals surface area contributed by atoms with Gasteiger partial charge in [-0.25, -0.2) is 9.97 Å². The second kappa shape index (κ2) is 9.19. The molecule has 6 nitrogen and oxygen atoms in total. The maximum atomic E-state index is 12.7. The molecule has 2 fully saturated rings. The third-order valence-electron chi connectivity index (χ3n) is 6.77. The molecule has 2 saturated carbocycles. The number of hydrogen-bond donors (Lipinski definition) is 1. The summed E-state index contributed by atoms with van der Waals surface area (Å²) in [6, 6.07) is 9.25. The smallest absolute Gasteiger partial charge is 0.348 e. The van der Waals surface area contributed by atoms with Gasteiger partial charge in [0.15, 0.2) is 0 Å². The van der Waals surface area contributed by atoms with Crippen LogP contribution in [0.15, 0.2) is 42.9 Å². The van der Waals surface area contributed by atoms with Gasteiger partial charge in [0.05, 0.1) is 23.6 Å². The Bertz CT molecular complexity index is 1180.